The molecule has 8 nitrogen and oxygen atoms in total. The van der Waals surface area contributed by atoms with E-state index < -0.39 is 46.8 Å². The third kappa shape index (κ3) is 4.88. The smallest absolute Gasteiger partial charge is 0.338 e. The summed E-state index contributed by atoms with van der Waals surface area (Å²) >= 11 is 0. The van der Waals surface area contributed by atoms with Crippen LogP contribution in [0.3, 0.4) is 0 Å². The average molecular weight is 436 g/mol. The van der Waals surface area contributed by atoms with Crippen LogP contribution in [0.5, 0.6) is 0 Å². The molecule has 162 valence electrons. The summed E-state index contributed by atoms with van der Waals surface area (Å²) in [6, 6.07) is 14.2. The second-order valence-electron chi connectivity index (χ2n) is 7.00. The van der Waals surface area contributed by atoms with Gasteiger partial charge in [-0.1, -0.05) is 35.9 Å². The summed E-state index contributed by atoms with van der Waals surface area (Å²) in [6.07, 6.45) is -6.06. The van der Waals surface area contributed by atoms with Gasteiger partial charge in [0.2, 0.25) is 0 Å². The molecule has 1 fully saturated rings. The van der Waals surface area contributed by atoms with Crippen LogP contribution in [0.2, 0.25) is 0 Å². The fourth-order valence-electron chi connectivity index (χ4n) is 3.09. The van der Waals surface area contributed by atoms with E-state index in [1.165, 1.54) is 19.2 Å². The number of carbonyl (C=O) groups is 1. The molecule has 1 N–H and O–H groups in total. The zero-order chi connectivity index (χ0) is 21.9. The highest BCUT2D eigenvalue weighted by Crippen LogP contribution is 2.30. The van der Waals surface area contributed by atoms with E-state index >= 15 is 0 Å². The largest absolute Gasteiger partial charge is 0.453 e. The van der Waals surface area contributed by atoms with Crippen molar-refractivity contribution < 1.29 is 36.7 Å². The molecular weight excluding hydrogens is 412 g/mol. The number of aliphatic hydroxyl groups is 1. The minimum absolute atomic E-state index is 0.0794. The summed E-state index contributed by atoms with van der Waals surface area (Å²) < 4.78 is 47.2. The maximum Gasteiger partial charge on any atom is 0.338 e. The molecule has 1 saturated heterocycles. The van der Waals surface area contributed by atoms with Crippen LogP contribution >= 0.6 is 0 Å². The zero-order valence-electron chi connectivity index (χ0n) is 16.8. The Hall–Kier alpha value is -2.30. The van der Waals surface area contributed by atoms with Gasteiger partial charge in [0.05, 0.1) is 16.6 Å². The van der Waals surface area contributed by atoms with Gasteiger partial charge >= 0.3 is 5.97 Å². The number of methoxy groups -OCH3 is 1. The Morgan fingerprint density at radius 2 is 1.67 bits per heavy atom. The molecule has 1 heterocycles. The molecule has 1 aliphatic rings. The maximum atomic E-state index is 12.8. The van der Waals surface area contributed by atoms with E-state index in [0.29, 0.717) is 0 Å². The normalized spacial score (nSPS) is 26.9. The van der Waals surface area contributed by atoms with E-state index in [0.717, 1.165) is 5.56 Å². The van der Waals surface area contributed by atoms with Gasteiger partial charge in [0.15, 0.2) is 18.5 Å². The lowest BCUT2D eigenvalue weighted by Crippen LogP contribution is -2.60. The van der Waals surface area contributed by atoms with Crippen molar-refractivity contribution in [2.75, 3.05) is 7.11 Å². The number of aryl methyl sites for hydroxylation is 1. The van der Waals surface area contributed by atoms with Crippen LogP contribution in [0.15, 0.2) is 59.5 Å². The fourth-order valence-corrected chi connectivity index (χ4v) is 4.16. The van der Waals surface area contributed by atoms with E-state index in [2.05, 4.69) is 0 Å². The highest BCUT2D eigenvalue weighted by atomic mass is 32.2. The molecule has 1 aliphatic heterocycles. The molecule has 0 bridgehead atoms. The summed E-state index contributed by atoms with van der Waals surface area (Å²) in [6.45, 7) is 3.38. The van der Waals surface area contributed by atoms with Gasteiger partial charge in [-0.05, 0) is 38.1 Å². The first-order chi connectivity index (χ1) is 14.2. The third-order valence-electron chi connectivity index (χ3n) is 4.79. The minimum Gasteiger partial charge on any atom is -0.453 e. The third-order valence-corrected chi connectivity index (χ3v) is 6.12. The SMILES string of the molecule is CO[C@H]1O[C@@H](C)[C@H](O)[C@@H](OC(=O)c2ccccc2)[C@H]1OS(=O)(=O)c1ccc(C)cc1. The first-order valence-corrected chi connectivity index (χ1v) is 10.8. The molecule has 9 heteroatoms. The van der Waals surface area contributed by atoms with Crippen LogP contribution in [0.4, 0.5) is 0 Å². The summed E-state index contributed by atoms with van der Waals surface area (Å²) in [5.74, 6) is -0.732. The molecule has 3 rings (SSSR count). The number of hydrogen-bond acceptors (Lipinski definition) is 8. The van der Waals surface area contributed by atoms with E-state index in [1.54, 1.807) is 49.4 Å². The van der Waals surface area contributed by atoms with E-state index in [1.807, 2.05) is 6.92 Å². The molecule has 0 amide bonds. The Labute approximate surface area is 175 Å². The van der Waals surface area contributed by atoms with Crippen molar-refractivity contribution >= 4 is 16.1 Å². The van der Waals surface area contributed by atoms with Gasteiger partial charge in [-0.25, -0.2) is 4.79 Å². The van der Waals surface area contributed by atoms with Crippen molar-refractivity contribution in [2.24, 2.45) is 0 Å². The predicted octanol–water partition coefficient (Wildman–Crippen LogP) is 2.05. The van der Waals surface area contributed by atoms with Gasteiger partial charge in [-0.2, -0.15) is 8.42 Å². The molecule has 0 spiro atoms. The first-order valence-electron chi connectivity index (χ1n) is 9.35. The molecule has 5 atom stereocenters. The summed E-state index contributed by atoms with van der Waals surface area (Å²) in [7, 11) is -2.95. The lowest BCUT2D eigenvalue weighted by atomic mass is 9.99. The van der Waals surface area contributed by atoms with Crippen molar-refractivity contribution in [3.8, 4) is 0 Å². The number of aliphatic hydroxyl groups excluding tert-OH is 1. The van der Waals surface area contributed by atoms with Gasteiger partial charge in [0.25, 0.3) is 10.1 Å². The lowest BCUT2D eigenvalue weighted by molar-refractivity contribution is -0.278. The Balaban J connectivity index is 1.90. The van der Waals surface area contributed by atoms with Gasteiger partial charge in [0.1, 0.15) is 6.10 Å². The Kier molecular flexibility index (Phi) is 6.89. The van der Waals surface area contributed by atoms with Crippen molar-refractivity contribution in [2.45, 2.75) is 49.4 Å². The van der Waals surface area contributed by atoms with E-state index in [4.69, 9.17) is 18.4 Å². The quantitative estimate of drug-likeness (QED) is 0.541. The van der Waals surface area contributed by atoms with Crippen molar-refractivity contribution in [1.29, 1.82) is 0 Å². The van der Waals surface area contributed by atoms with Crippen molar-refractivity contribution in [3.05, 3.63) is 65.7 Å². The fraction of sp³-hybridized carbons (Fsp3) is 0.381. The standard InChI is InChI=1S/C21H24O8S/c1-13-9-11-16(12-10-13)30(24,25)29-19-18(17(22)14(2)27-21(19)26-3)28-20(23)15-7-5-4-6-8-15/h4-12,14,17-19,21-22H,1-3H3/t14-,17-,18+,19+,21-/m0/s1. The topological polar surface area (TPSA) is 108 Å². The molecule has 2 aromatic rings. The monoisotopic (exact) mass is 436 g/mol. The van der Waals surface area contributed by atoms with Crippen LogP contribution in [-0.2, 0) is 28.5 Å². The minimum atomic E-state index is -4.26. The molecule has 0 aromatic heterocycles. The molecule has 0 saturated carbocycles. The lowest BCUT2D eigenvalue weighted by Gasteiger charge is -2.41. The molecular formula is C21H24O8S. The summed E-state index contributed by atoms with van der Waals surface area (Å²) in [5, 5.41) is 10.6. The molecule has 0 aliphatic carbocycles. The maximum absolute atomic E-state index is 12.8. The zero-order valence-corrected chi connectivity index (χ0v) is 17.6. The first kappa shape index (κ1) is 22.4. The highest BCUT2D eigenvalue weighted by molar-refractivity contribution is 7.86. The van der Waals surface area contributed by atoms with E-state index in [-0.39, 0.29) is 10.5 Å². The number of ether oxygens (including phenoxy) is 3. The van der Waals surface area contributed by atoms with Gasteiger partial charge in [-0.3, -0.25) is 4.18 Å². The predicted molar refractivity (Wildman–Crippen MR) is 106 cm³/mol. The Morgan fingerprint density at radius 3 is 2.27 bits per heavy atom. The Morgan fingerprint density at radius 1 is 1.03 bits per heavy atom. The highest BCUT2D eigenvalue weighted by Gasteiger charge is 2.49. The van der Waals surface area contributed by atoms with E-state index in [9.17, 15) is 18.3 Å². The van der Waals surface area contributed by atoms with Crippen LogP contribution in [0.25, 0.3) is 0 Å². The Bertz CT molecular complexity index is 958. The van der Waals surface area contributed by atoms with Crippen LogP contribution in [0.1, 0.15) is 22.8 Å². The van der Waals surface area contributed by atoms with Gasteiger partial charge in [-0.15, -0.1) is 0 Å². The summed E-state index contributed by atoms with van der Waals surface area (Å²) in [5.41, 5.74) is 1.13. The van der Waals surface area contributed by atoms with Crippen molar-refractivity contribution in [1.82, 2.24) is 0 Å². The second-order valence-corrected chi connectivity index (χ2v) is 8.57. The molecule has 2 aromatic carbocycles. The molecule has 0 radical (unpaired) electrons. The number of rotatable bonds is 6. The summed E-state index contributed by atoms with van der Waals surface area (Å²) in [4.78, 5) is 12.5. The average Bonchev–Trinajstić information content (AvgIpc) is 2.74. The number of benzene rings is 2. The van der Waals surface area contributed by atoms with Crippen LogP contribution < -0.4 is 0 Å². The second kappa shape index (κ2) is 9.23. The molecule has 0 unspecified atom stereocenters. The van der Waals surface area contributed by atoms with Crippen LogP contribution in [-0.4, -0.2) is 57.3 Å². The van der Waals surface area contributed by atoms with Crippen LogP contribution in [0, 0.1) is 6.92 Å². The van der Waals surface area contributed by atoms with Gasteiger partial charge in [0, 0.05) is 7.11 Å². The van der Waals surface area contributed by atoms with Crippen molar-refractivity contribution in [3.63, 3.8) is 0 Å². The molecule has 30 heavy (non-hydrogen) atoms. The number of carbonyl (C=O) groups excluding carboxylic acids is 1. The number of hydrogen-bond donors (Lipinski definition) is 1. The number of esters is 1. The van der Waals surface area contributed by atoms with Gasteiger partial charge < -0.3 is 19.3 Å².